The molecule has 1 aromatic heterocycles. The summed E-state index contributed by atoms with van der Waals surface area (Å²) in [7, 11) is 0. The van der Waals surface area contributed by atoms with Gasteiger partial charge in [0.2, 0.25) is 0 Å². The van der Waals surface area contributed by atoms with E-state index in [1.54, 1.807) is 12.1 Å². The second-order valence-electron chi connectivity index (χ2n) is 5.65. The molecule has 1 amide bonds. The quantitative estimate of drug-likeness (QED) is 0.501. The molecule has 0 aliphatic heterocycles. The highest BCUT2D eigenvalue weighted by molar-refractivity contribution is 9.10. The van der Waals surface area contributed by atoms with E-state index in [1.807, 2.05) is 60.7 Å². The van der Waals surface area contributed by atoms with Crippen LogP contribution in [0.4, 0.5) is 5.69 Å². The zero-order chi connectivity index (χ0) is 17.2. The summed E-state index contributed by atoms with van der Waals surface area (Å²) >= 11 is 3.38. The Morgan fingerprint density at radius 3 is 2.60 bits per heavy atom. The fourth-order valence-electron chi connectivity index (χ4n) is 2.65. The van der Waals surface area contributed by atoms with Crippen LogP contribution < -0.4 is 5.32 Å². The number of aromatic nitrogens is 2. The number of imidazole rings is 1. The number of hydrogen-bond donors (Lipinski definition) is 2. The fourth-order valence-corrected chi connectivity index (χ4v) is 3.05. The molecule has 0 aliphatic rings. The van der Waals surface area contributed by atoms with E-state index in [9.17, 15) is 4.79 Å². The number of carbonyl (C=O) groups is 1. The van der Waals surface area contributed by atoms with Crippen molar-refractivity contribution in [2.24, 2.45) is 0 Å². The Balaban J connectivity index is 1.62. The van der Waals surface area contributed by atoms with E-state index in [0.717, 1.165) is 32.6 Å². The van der Waals surface area contributed by atoms with Gasteiger partial charge in [0, 0.05) is 21.3 Å². The van der Waals surface area contributed by atoms with Gasteiger partial charge in [-0.05, 0) is 36.4 Å². The molecule has 122 valence electrons. The molecule has 0 unspecified atom stereocenters. The van der Waals surface area contributed by atoms with Crippen molar-refractivity contribution in [3.8, 4) is 11.4 Å². The number of H-pyrrole nitrogens is 1. The van der Waals surface area contributed by atoms with Gasteiger partial charge in [-0.3, -0.25) is 4.79 Å². The first-order valence-corrected chi connectivity index (χ1v) is 8.60. The smallest absolute Gasteiger partial charge is 0.255 e. The topological polar surface area (TPSA) is 57.8 Å². The number of fused-ring (bicyclic) bond motifs is 1. The Labute approximate surface area is 153 Å². The van der Waals surface area contributed by atoms with Gasteiger partial charge >= 0.3 is 0 Å². The van der Waals surface area contributed by atoms with Gasteiger partial charge in [0.15, 0.2) is 0 Å². The molecule has 0 radical (unpaired) electrons. The van der Waals surface area contributed by atoms with Crippen LogP contribution in [0, 0.1) is 0 Å². The van der Waals surface area contributed by atoms with E-state index < -0.39 is 0 Å². The lowest BCUT2D eigenvalue weighted by Gasteiger charge is -2.05. The van der Waals surface area contributed by atoms with Gasteiger partial charge in [-0.15, -0.1) is 0 Å². The fraction of sp³-hybridized carbons (Fsp3) is 0. The third kappa shape index (κ3) is 3.32. The van der Waals surface area contributed by atoms with Crippen LogP contribution in [0.2, 0.25) is 0 Å². The van der Waals surface area contributed by atoms with Crippen molar-refractivity contribution in [3.63, 3.8) is 0 Å². The summed E-state index contributed by atoms with van der Waals surface area (Å²) in [5, 5.41) is 2.92. The number of anilines is 1. The highest BCUT2D eigenvalue weighted by Crippen LogP contribution is 2.23. The highest BCUT2D eigenvalue weighted by Gasteiger charge is 2.09. The normalized spacial score (nSPS) is 10.8. The Hall–Kier alpha value is -2.92. The van der Waals surface area contributed by atoms with Gasteiger partial charge in [-0.1, -0.05) is 52.3 Å². The molecule has 0 saturated heterocycles. The minimum atomic E-state index is -0.150. The van der Waals surface area contributed by atoms with Crippen LogP contribution in [0.15, 0.2) is 77.3 Å². The number of hydrogen-bond acceptors (Lipinski definition) is 2. The lowest BCUT2D eigenvalue weighted by molar-refractivity contribution is 0.102. The predicted molar refractivity (Wildman–Crippen MR) is 104 cm³/mol. The predicted octanol–water partition coefficient (Wildman–Crippen LogP) is 5.24. The molecule has 4 rings (SSSR count). The SMILES string of the molecule is O=C(Nc1ccc2nc(-c3ccccc3)[nH]c2c1)c1cccc(Br)c1. The first kappa shape index (κ1) is 15.6. The lowest BCUT2D eigenvalue weighted by Crippen LogP contribution is -2.11. The average Bonchev–Trinajstić information content (AvgIpc) is 3.06. The number of nitrogens with zero attached hydrogens (tertiary/aromatic N) is 1. The molecule has 0 saturated carbocycles. The summed E-state index contributed by atoms with van der Waals surface area (Å²) in [6.07, 6.45) is 0. The van der Waals surface area contributed by atoms with E-state index in [0.29, 0.717) is 5.56 Å². The molecule has 0 spiro atoms. The molecule has 2 N–H and O–H groups in total. The number of benzene rings is 3. The van der Waals surface area contributed by atoms with Crippen LogP contribution in [0.5, 0.6) is 0 Å². The Kier molecular flexibility index (Phi) is 4.07. The molecule has 0 atom stereocenters. The van der Waals surface area contributed by atoms with Gasteiger partial charge in [-0.25, -0.2) is 4.98 Å². The zero-order valence-corrected chi connectivity index (χ0v) is 14.7. The largest absolute Gasteiger partial charge is 0.338 e. The number of halogens is 1. The first-order valence-electron chi connectivity index (χ1n) is 7.81. The maximum absolute atomic E-state index is 12.4. The number of nitrogens with one attached hydrogen (secondary N) is 2. The van der Waals surface area contributed by atoms with Gasteiger partial charge in [-0.2, -0.15) is 0 Å². The van der Waals surface area contributed by atoms with Crippen LogP contribution in [-0.4, -0.2) is 15.9 Å². The molecule has 25 heavy (non-hydrogen) atoms. The third-order valence-electron chi connectivity index (χ3n) is 3.87. The summed E-state index contributed by atoms with van der Waals surface area (Å²) in [4.78, 5) is 20.3. The molecule has 0 aliphatic carbocycles. The lowest BCUT2D eigenvalue weighted by atomic mass is 10.2. The van der Waals surface area contributed by atoms with Gasteiger partial charge in [0.25, 0.3) is 5.91 Å². The minimum Gasteiger partial charge on any atom is -0.338 e. The minimum absolute atomic E-state index is 0.150. The molecule has 1 heterocycles. The summed E-state index contributed by atoms with van der Waals surface area (Å²) in [6.45, 7) is 0. The molecule has 4 nitrogen and oxygen atoms in total. The summed E-state index contributed by atoms with van der Waals surface area (Å²) in [5.74, 6) is 0.662. The van der Waals surface area contributed by atoms with Crippen LogP contribution in [0.1, 0.15) is 10.4 Å². The maximum atomic E-state index is 12.4. The van der Waals surface area contributed by atoms with Crippen molar-refractivity contribution < 1.29 is 4.79 Å². The monoisotopic (exact) mass is 391 g/mol. The Morgan fingerprint density at radius 2 is 1.80 bits per heavy atom. The van der Waals surface area contributed by atoms with Crippen LogP contribution in [0.25, 0.3) is 22.4 Å². The van der Waals surface area contributed by atoms with Gasteiger partial charge in [0.1, 0.15) is 5.82 Å². The van der Waals surface area contributed by atoms with Gasteiger partial charge < -0.3 is 10.3 Å². The second kappa shape index (κ2) is 6.53. The van der Waals surface area contributed by atoms with E-state index in [4.69, 9.17) is 0 Å². The van der Waals surface area contributed by atoms with Crippen molar-refractivity contribution in [2.45, 2.75) is 0 Å². The van der Waals surface area contributed by atoms with E-state index in [-0.39, 0.29) is 5.91 Å². The van der Waals surface area contributed by atoms with Gasteiger partial charge in [0.05, 0.1) is 11.0 Å². The highest BCUT2D eigenvalue weighted by atomic mass is 79.9. The number of amides is 1. The third-order valence-corrected chi connectivity index (χ3v) is 4.37. The van der Waals surface area contributed by atoms with Crippen molar-refractivity contribution in [3.05, 3.63) is 82.8 Å². The maximum Gasteiger partial charge on any atom is 0.255 e. The van der Waals surface area contributed by atoms with Crippen LogP contribution in [0.3, 0.4) is 0 Å². The Bertz CT molecular complexity index is 1060. The van der Waals surface area contributed by atoms with Crippen molar-refractivity contribution >= 4 is 38.6 Å². The average molecular weight is 392 g/mol. The summed E-state index contributed by atoms with van der Waals surface area (Å²) in [5.41, 5.74) is 4.09. The zero-order valence-electron chi connectivity index (χ0n) is 13.2. The van der Waals surface area contributed by atoms with E-state index in [1.165, 1.54) is 0 Å². The second-order valence-corrected chi connectivity index (χ2v) is 6.56. The Morgan fingerprint density at radius 1 is 0.960 bits per heavy atom. The van der Waals surface area contributed by atoms with Crippen LogP contribution >= 0.6 is 15.9 Å². The van der Waals surface area contributed by atoms with E-state index >= 15 is 0 Å². The number of rotatable bonds is 3. The van der Waals surface area contributed by atoms with Crippen molar-refractivity contribution in [1.29, 1.82) is 0 Å². The number of carbonyl (C=O) groups excluding carboxylic acids is 1. The van der Waals surface area contributed by atoms with Crippen molar-refractivity contribution in [2.75, 3.05) is 5.32 Å². The molecule has 3 aromatic carbocycles. The molecular weight excluding hydrogens is 378 g/mol. The molecule has 0 fully saturated rings. The van der Waals surface area contributed by atoms with E-state index in [2.05, 4.69) is 31.2 Å². The standard InChI is InChI=1S/C20H14BrN3O/c21-15-8-4-7-14(11-15)20(25)22-16-9-10-17-18(12-16)24-19(23-17)13-5-2-1-3-6-13/h1-12H,(H,22,25)(H,23,24). The number of aromatic amines is 1. The summed E-state index contributed by atoms with van der Waals surface area (Å²) in [6, 6.07) is 22.9. The summed E-state index contributed by atoms with van der Waals surface area (Å²) < 4.78 is 0.872. The molecule has 5 heteroatoms. The first-order chi connectivity index (χ1) is 12.2. The van der Waals surface area contributed by atoms with Crippen LogP contribution in [-0.2, 0) is 0 Å². The van der Waals surface area contributed by atoms with Crippen molar-refractivity contribution in [1.82, 2.24) is 9.97 Å². The molecule has 4 aromatic rings. The molecule has 0 bridgehead atoms. The molecular formula is C20H14BrN3O.